The molecule has 0 amide bonds. The first-order chi connectivity index (χ1) is 8.20. The van der Waals surface area contributed by atoms with E-state index < -0.39 is 5.82 Å². The van der Waals surface area contributed by atoms with Gasteiger partial charge in [-0.2, -0.15) is 0 Å². The van der Waals surface area contributed by atoms with Gasteiger partial charge in [-0.25, -0.2) is 4.39 Å². The van der Waals surface area contributed by atoms with Crippen LogP contribution in [0.25, 0.3) is 21.9 Å². The Morgan fingerprint density at radius 3 is 2.82 bits per heavy atom. The molecular formula is C13H9FN2O. The van der Waals surface area contributed by atoms with E-state index in [0.29, 0.717) is 10.9 Å². The van der Waals surface area contributed by atoms with Crippen molar-refractivity contribution in [2.75, 3.05) is 0 Å². The zero-order valence-corrected chi connectivity index (χ0v) is 9.14. The number of pyridine rings is 2. The minimum Gasteiger partial charge on any atom is -0.340 e. The highest BCUT2D eigenvalue weighted by atomic mass is 19.1. The Labute approximate surface area is 96.1 Å². The molecule has 0 fully saturated rings. The second kappa shape index (κ2) is 3.38. The molecule has 0 aliphatic carbocycles. The summed E-state index contributed by atoms with van der Waals surface area (Å²) in [6.07, 6.45) is 1.31. The highest BCUT2D eigenvalue weighted by Crippen LogP contribution is 2.18. The molecule has 17 heavy (non-hydrogen) atoms. The van der Waals surface area contributed by atoms with Gasteiger partial charge in [0.1, 0.15) is 11.0 Å². The Balaban J connectivity index is 2.74. The maximum atomic E-state index is 13.8. The first-order valence-electron chi connectivity index (χ1n) is 5.22. The highest BCUT2D eigenvalue weighted by molar-refractivity contribution is 5.91. The maximum Gasteiger partial charge on any atom is 0.215 e. The van der Waals surface area contributed by atoms with Crippen molar-refractivity contribution in [3.63, 3.8) is 0 Å². The summed E-state index contributed by atoms with van der Waals surface area (Å²) in [5.41, 5.74) is 0.896. The molecule has 3 rings (SSSR count). The summed E-state index contributed by atoms with van der Waals surface area (Å²) >= 11 is 0. The third-order valence-corrected chi connectivity index (χ3v) is 2.94. The third-order valence-electron chi connectivity index (χ3n) is 2.94. The Hall–Kier alpha value is -2.23. The summed E-state index contributed by atoms with van der Waals surface area (Å²) in [5, 5.41) is 0.556. The summed E-state index contributed by atoms with van der Waals surface area (Å²) < 4.78 is 15.4. The third kappa shape index (κ3) is 1.27. The number of nitrogens with zero attached hydrogens (tertiary/aromatic N) is 2. The van der Waals surface area contributed by atoms with E-state index in [-0.39, 0.29) is 16.5 Å². The Morgan fingerprint density at radius 2 is 2.00 bits per heavy atom. The van der Waals surface area contributed by atoms with Crippen LogP contribution in [0.1, 0.15) is 0 Å². The first kappa shape index (κ1) is 9.96. The molecule has 0 saturated heterocycles. The van der Waals surface area contributed by atoms with E-state index in [1.165, 1.54) is 12.3 Å². The Bertz CT molecular complexity index is 792. The van der Waals surface area contributed by atoms with Crippen molar-refractivity contribution in [1.29, 1.82) is 0 Å². The lowest BCUT2D eigenvalue weighted by molar-refractivity contribution is 0.630. The normalized spacial score (nSPS) is 11.2. The number of fused-ring (bicyclic) bond motifs is 2. The number of aromatic nitrogens is 2. The van der Waals surface area contributed by atoms with Crippen LogP contribution in [0.3, 0.4) is 0 Å². The van der Waals surface area contributed by atoms with Gasteiger partial charge in [0.2, 0.25) is 5.43 Å². The molecule has 1 aromatic carbocycles. The lowest BCUT2D eigenvalue weighted by Crippen LogP contribution is -2.11. The standard InChI is InChI=1S/C13H9FN2O/c1-16-10-5-3-2-4-8(10)13(17)11-12(16)9(14)6-7-15-11/h2-7H,1H3. The van der Waals surface area contributed by atoms with Crippen molar-refractivity contribution in [2.24, 2.45) is 7.05 Å². The largest absolute Gasteiger partial charge is 0.340 e. The van der Waals surface area contributed by atoms with Crippen molar-refractivity contribution in [1.82, 2.24) is 9.55 Å². The van der Waals surface area contributed by atoms with Crippen LogP contribution in [0.15, 0.2) is 41.3 Å². The predicted molar refractivity (Wildman–Crippen MR) is 64.4 cm³/mol. The van der Waals surface area contributed by atoms with Crippen LogP contribution in [-0.2, 0) is 7.05 Å². The van der Waals surface area contributed by atoms with Gasteiger partial charge in [-0.3, -0.25) is 9.78 Å². The molecule has 0 aliphatic rings. The molecule has 3 nitrogen and oxygen atoms in total. The molecule has 0 aliphatic heterocycles. The van der Waals surface area contributed by atoms with E-state index in [0.717, 1.165) is 0 Å². The summed E-state index contributed by atoms with van der Waals surface area (Å²) in [6.45, 7) is 0. The van der Waals surface area contributed by atoms with E-state index in [9.17, 15) is 9.18 Å². The van der Waals surface area contributed by atoms with Crippen LogP contribution in [-0.4, -0.2) is 9.55 Å². The molecule has 0 unspecified atom stereocenters. The second-order valence-corrected chi connectivity index (χ2v) is 3.90. The van der Waals surface area contributed by atoms with E-state index in [1.54, 1.807) is 29.8 Å². The summed E-state index contributed by atoms with van der Waals surface area (Å²) in [7, 11) is 1.73. The van der Waals surface area contributed by atoms with E-state index >= 15 is 0 Å². The van der Waals surface area contributed by atoms with Crippen molar-refractivity contribution < 1.29 is 4.39 Å². The number of benzene rings is 1. The molecule has 0 bridgehead atoms. The molecule has 0 spiro atoms. The van der Waals surface area contributed by atoms with Gasteiger partial charge in [0.05, 0.1) is 5.52 Å². The molecule has 0 atom stereocenters. The summed E-state index contributed by atoms with van der Waals surface area (Å²) in [4.78, 5) is 16.1. The molecule has 0 N–H and O–H groups in total. The number of hydrogen-bond donors (Lipinski definition) is 0. The van der Waals surface area contributed by atoms with Gasteiger partial charge >= 0.3 is 0 Å². The first-order valence-corrected chi connectivity index (χ1v) is 5.22. The number of rotatable bonds is 0. The van der Waals surface area contributed by atoms with Crippen LogP contribution in [0.4, 0.5) is 4.39 Å². The van der Waals surface area contributed by atoms with Crippen LogP contribution < -0.4 is 5.43 Å². The molecule has 2 heterocycles. The average Bonchev–Trinajstić information content (AvgIpc) is 2.36. The lowest BCUT2D eigenvalue weighted by atomic mass is 10.1. The monoisotopic (exact) mass is 228 g/mol. The van der Waals surface area contributed by atoms with Crippen molar-refractivity contribution in [3.8, 4) is 0 Å². The van der Waals surface area contributed by atoms with Gasteiger partial charge in [0.25, 0.3) is 0 Å². The zero-order chi connectivity index (χ0) is 12.0. The van der Waals surface area contributed by atoms with Gasteiger partial charge in [0.15, 0.2) is 5.82 Å². The van der Waals surface area contributed by atoms with Crippen molar-refractivity contribution >= 4 is 21.9 Å². The molecule has 84 valence electrons. The van der Waals surface area contributed by atoms with E-state index in [2.05, 4.69) is 4.98 Å². The lowest BCUT2D eigenvalue weighted by Gasteiger charge is -2.09. The molecule has 2 aromatic heterocycles. The maximum absolute atomic E-state index is 13.8. The van der Waals surface area contributed by atoms with Crippen LogP contribution in [0.5, 0.6) is 0 Å². The van der Waals surface area contributed by atoms with Gasteiger partial charge in [0, 0.05) is 18.6 Å². The minimum atomic E-state index is -0.430. The quantitative estimate of drug-likeness (QED) is 0.553. The number of aryl methyl sites for hydroxylation is 1. The SMILES string of the molecule is Cn1c2ccccc2c(=O)c2nccc(F)c21. The summed E-state index contributed by atoms with van der Waals surface area (Å²) in [6, 6.07) is 8.39. The Kier molecular flexibility index (Phi) is 1.98. The van der Waals surface area contributed by atoms with E-state index in [4.69, 9.17) is 0 Å². The molecular weight excluding hydrogens is 219 g/mol. The number of hydrogen-bond acceptors (Lipinski definition) is 2. The fourth-order valence-electron chi connectivity index (χ4n) is 2.12. The smallest absolute Gasteiger partial charge is 0.215 e. The minimum absolute atomic E-state index is 0.172. The van der Waals surface area contributed by atoms with Gasteiger partial charge in [-0.15, -0.1) is 0 Å². The number of halogens is 1. The fraction of sp³-hybridized carbons (Fsp3) is 0.0769. The highest BCUT2D eigenvalue weighted by Gasteiger charge is 2.12. The van der Waals surface area contributed by atoms with Crippen LogP contribution in [0, 0.1) is 5.82 Å². The van der Waals surface area contributed by atoms with E-state index in [1.807, 2.05) is 6.07 Å². The van der Waals surface area contributed by atoms with Gasteiger partial charge < -0.3 is 4.57 Å². The van der Waals surface area contributed by atoms with Crippen LogP contribution >= 0.6 is 0 Å². The molecule has 4 heteroatoms. The van der Waals surface area contributed by atoms with Gasteiger partial charge in [-0.05, 0) is 18.2 Å². The van der Waals surface area contributed by atoms with Crippen molar-refractivity contribution in [2.45, 2.75) is 0 Å². The molecule has 3 aromatic rings. The predicted octanol–water partition coefficient (Wildman–Crippen LogP) is 2.23. The molecule has 0 radical (unpaired) electrons. The summed E-state index contributed by atoms with van der Waals surface area (Å²) in [5.74, 6) is -0.430. The fourth-order valence-corrected chi connectivity index (χ4v) is 2.12. The second-order valence-electron chi connectivity index (χ2n) is 3.90. The van der Waals surface area contributed by atoms with Crippen molar-refractivity contribution in [3.05, 3.63) is 52.6 Å². The number of para-hydroxylation sites is 1. The topological polar surface area (TPSA) is 34.9 Å². The van der Waals surface area contributed by atoms with Crippen LogP contribution in [0.2, 0.25) is 0 Å². The zero-order valence-electron chi connectivity index (χ0n) is 9.14. The Morgan fingerprint density at radius 1 is 1.24 bits per heavy atom. The van der Waals surface area contributed by atoms with Gasteiger partial charge in [-0.1, -0.05) is 12.1 Å². The average molecular weight is 228 g/mol. The molecule has 0 saturated carbocycles.